The van der Waals surface area contributed by atoms with E-state index in [-0.39, 0.29) is 12.6 Å². The monoisotopic (exact) mass is 450 g/mol. The fourth-order valence-corrected chi connectivity index (χ4v) is 4.14. The third kappa shape index (κ3) is 6.04. The van der Waals surface area contributed by atoms with Gasteiger partial charge in [-0.25, -0.2) is 8.42 Å². The number of nitrogens with zero attached hydrogens (tertiary/aromatic N) is 1. The van der Waals surface area contributed by atoms with E-state index in [0.29, 0.717) is 23.6 Å². The first-order chi connectivity index (χ1) is 14.6. The minimum absolute atomic E-state index is 0.260. The molecule has 9 heteroatoms. The van der Waals surface area contributed by atoms with Gasteiger partial charge in [0.15, 0.2) is 11.5 Å². The number of methoxy groups -OCH3 is 3. The van der Waals surface area contributed by atoms with Crippen molar-refractivity contribution in [2.75, 3.05) is 38.4 Å². The van der Waals surface area contributed by atoms with E-state index in [1.54, 1.807) is 19.2 Å². The van der Waals surface area contributed by atoms with E-state index in [1.807, 2.05) is 32.0 Å². The Morgan fingerprint density at radius 3 is 2.13 bits per heavy atom. The van der Waals surface area contributed by atoms with Crippen molar-refractivity contribution in [3.8, 4) is 17.2 Å². The van der Waals surface area contributed by atoms with Crippen molar-refractivity contribution in [1.82, 2.24) is 5.32 Å². The molecule has 2 rings (SSSR count). The van der Waals surface area contributed by atoms with Gasteiger partial charge in [-0.1, -0.05) is 19.1 Å². The lowest BCUT2D eigenvalue weighted by Gasteiger charge is -2.25. The van der Waals surface area contributed by atoms with E-state index >= 15 is 0 Å². The molecule has 0 aliphatic rings. The number of hydrogen-bond acceptors (Lipinski definition) is 6. The van der Waals surface area contributed by atoms with Crippen LogP contribution in [0.1, 0.15) is 30.5 Å². The van der Waals surface area contributed by atoms with Crippen LogP contribution in [-0.4, -0.2) is 48.5 Å². The summed E-state index contributed by atoms with van der Waals surface area (Å²) in [6.45, 7) is 3.52. The summed E-state index contributed by atoms with van der Waals surface area (Å²) in [6.07, 6.45) is 1.70. The number of ether oxygens (including phenoxy) is 3. The van der Waals surface area contributed by atoms with E-state index < -0.39 is 15.9 Å². The van der Waals surface area contributed by atoms with Crippen molar-refractivity contribution in [1.29, 1.82) is 0 Å². The number of hydrogen-bond donors (Lipinski definition) is 1. The fourth-order valence-electron chi connectivity index (χ4n) is 3.29. The Hall–Kier alpha value is -2.94. The maximum atomic E-state index is 12.8. The summed E-state index contributed by atoms with van der Waals surface area (Å²) in [6, 6.07) is 10.1. The van der Waals surface area contributed by atoms with Crippen LogP contribution in [-0.2, 0) is 14.8 Å². The zero-order valence-corrected chi connectivity index (χ0v) is 19.6. The third-order valence-electron chi connectivity index (χ3n) is 4.91. The number of carbonyl (C=O) groups excluding carboxylic acids is 1. The van der Waals surface area contributed by atoms with Gasteiger partial charge in [-0.05, 0) is 42.7 Å². The number of nitrogens with one attached hydrogen (secondary N) is 1. The minimum Gasteiger partial charge on any atom is -0.496 e. The highest BCUT2D eigenvalue weighted by atomic mass is 32.2. The van der Waals surface area contributed by atoms with Gasteiger partial charge < -0.3 is 19.5 Å². The molecule has 0 unspecified atom stereocenters. The number of sulfonamides is 1. The third-order valence-corrected chi connectivity index (χ3v) is 6.05. The van der Waals surface area contributed by atoms with Crippen molar-refractivity contribution < 1.29 is 27.4 Å². The number of benzene rings is 2. The lowest BCUT2D eigenvalue weighted by molar-refractivity contribution is -0.120. The first-order valence-corrected chi connectivity index (χ1v) is 11.6. The Bertz CT molecular complexity index is 1020. The van der Waals surface area contributed by atoms with Crippen LogP contribution in [0, 0.1) is 6.92 Å². The minimum atomic E-state index is -3.72. The van der Waals surface area contributed by atoms with Gasteiger partial charge in [0, 0.05) is 6.07 Å². The molecule has 0 saturated heterocycles. The van der Waals surface area contributed by atoms with Gasteiger partial charge in [-0.3, -0.25) is 9.10 Å². The summed E-state index contributed by atoms with van der Waals surface area (Å²) < 4.78 is 41.6. The molecule has 0 aliphatic carbocycles. The fraction of sp³-hybridized carbons (Fsp3) is 0.409. The molecule has 2 aromatic carbocycles. The molecule has 2 aromatic rings. The normalized spacial score (nSPS) is 12.1. The number of rotatable bonds is 10. The van der Waals surface area contributed by atoms with Gasteiger partial charge >= 0.3 is 0 Å². The van der Waals surface area contributed by atoms with E-state index in [9.17, 15) is 13.2 Å². The molecule has 31 heavy (non-hydrogen) atoms. The molecule has 1 amide bonds. The molecular formula is C22H30N2O6S. The number of amides is 1. The van der Waals surface area contributed by atoms with E-state index in [4.69, 9.17) is 14.2 Å². The van der Waals surface area contributed by atoms with Crippen molar-refractivity contribution in [2.24, 2.45) is 0 Å². The van der Waals surface area contributed by atoms with Gasteiger partial charge in [-0.2, -0.15) is 0 Å². The zero-order valence-electron chi connectivity index (χ0n) is 18.8. The van der Waals surface area contributed by atoms with Crippen LogP contribution < -0.4 is 23.8 Å². The highest BCUT2D eigenvalue weighted by Crippen LogP contribution is 2.32. The highest BCUT2D eigenvalue weighted by Gasteiger charge is 2.24. The summed E-state index contributed by atoms with van der Waals surface area (Å²) >= 11 is 0. The molecule has 0 fully saturated rings. The van der Waals surface area contributed by atoms with Gasteiger partial charge in [-0.15, -0.1) is 0 Å². The lowest BCUT2D eigenvalue weighted by atomic mass is 10.0. The molecule has 0 saturated carbocycles. The van der Waals surface area contributed by atoms with Crippen LogP contribution in [0.3, 0.4) is 0 Å². The Balaban J connectivity index is 2.25. The van der Waals surface area contributed by atoms with Gasteiger partial charge in [0.2, 0.25) is 15.9 Å². The summed E-state index contributed by atoms with van der Waals surface area (Å²) in [4.78, 5) is 12.8. The quantitative estimate of drug-likeness (QED) is 0.598. The second-order valence-electron chi connectivity index (χ2n) is 7.07. The molecular weight excluding hydrogens is 420 g/mol. The summed E-state index contributed by atoms with van der Waals surface area (Å²) in [7, 11) is 0.837. The Morgan fingerprint density at radius 1 is 1.00 bits per heavy atom. The molecule has 1 N–H and O–H groups in total. The highest BCUT2D eigenvalue weighted by molar-refractivity contribution is 7.92. The maximum absolute atomic E-state index is 12.8. The average molecular weight is 451 g/mol. The second-order valence-corrected chi connectivity index (χ2v) is 8.97. The lowest BCUT2D eigenvalue weighted by Crippen LogP contribution is -2.41. The second kappa shape index (κ2) is 10.4. The Kier molecular flexibility index (Phi) is 8.15. The topological polar surface area (TPSA) is 94.2 Å². The van der Waals surface area contributed by atoms with Gasteiger partial charge in [0.25, 0.3) is 0 Å². The van der Waals surface area contributed by atoms with E-state index in [1.165, 1.54) is 20.3 Å². The molecule has 0 aliphatic heterocycles. The average Bonchev–Trinajstić information content (AvgIpc) is 2.74. The standard InChI is InChI=1S/C22H30N2O6S/c1-7-18(16-8-10-19(28-3)15(2)12-16)23-22(25)14-24(31(6,26)27)17-9-11-20(29-4)21(13-17)30-5/h8-13,18H,7,14H2,1-6H3,(H,23,25)/t18-/m1/s1. The number of aryl methyl sites for hydroxylation is 1. The molecule has 0 radical (unpaired) electrons. The SMILES string of the molecule is CC[C@@H](NC(=O)CN(c1ccc(OC)c(OC)c1)S(C)(=O)=O)c1ccc(OC)c(C)c1. The predicted molar refractivity (Wildman–Crippen MR) is 121 cm³/mol. The number of anilines is 1. The number of carbonyl (C=O) groups is 1. The maximum Gasteiger partial charge on any atom is 0.241 e. The molecule has 8 nitrogen and oxygen atoms in total. The molecule has 0 aromatic heterocycles. The Labute approximate surface area is 184 Å². The van der Waals surface area contributed by atoms with Crippen LogP contribution in [0.15, 0.2) is 36.4 Å². The summed E-state index contributed by atoms with van der Waals surface area (Å²) in [5.74, 6) is 1.18. The van der Waals surface area contributed by atoms with Crippen LogP contribution in [0.2, 0.25) is 0 Å². The van der Waals surface area contributed by atoms with Crippen LogP contribution in [0.5, 0.6) is 17.2 Å². The molecule has 170 valence electrons. The van der Waals surface area contributed by atoms with Crippen LogP contribution in [0.25, 0.3) is 0 Å². The summed E-state index contributed by atoms with van der Waals surface area (Å²) in [5.41, 5.74) is 2.19. The largest absolute Gasteiger partial charge is 0.496 e. The zero-order chi connectivity index (χ0) is 23.2. The predicted octanol–water partition coefficient (Wildman–Crippen LogP) is 3.05. The van der Waals surface area contributed by atoms with Gasteiger partial charge in [0.05, 0.1) is 39.3 Å². The molecule has 0 spiro atoms. The molecule has 0 heterocycles. The van der Waals surface area contributed by atoms with Crippen molar-refractivity contribution in [2.45, 2.75) is 26.3 Å². The van der Waals surface area contributed by atoms with Crippen LogP contribution >= 0.6 is 0 Å². The first kappa shape index (κ1) is 24.3. The van der Waals surface area contributed by atoms with Crippen molar-refractivity contribution in [3.63, 3.8) is 0 Å². The first-order valence-electron chi connectivity index (χ1n) is 9.78. The summed E-state index contributed by atoms with van der Waals surface area (Å²) in [5, 5.41) is 2.93. The van der Waals surface area contributed by atoms with Crippen LogP contribution in [0.4, 0.5) is 5.69 Å². The van der Waals surface area contributed by atoms with E-state index in [2.05, 4.69) is 5.32 Å². The Morgan fingerprint density at radius 2 is 1.61 bits per heavy atom. The molecule has 0 bridgehead atoms. The smallest absolute Gasteiger partial charge is 0.241 e. The van der Waals surface area contributed by atoms with Gasteiger partial charge in [0.1, 0.15) is 12.3 Å². The van der Waals surface area contributed by atoms with Crippen molar-refractivity contribution in [3.05, 3.63) is 47.5 Å². The van der Waals surface area contributed by atoms with Crippen molar-refractivity contribution >= 4 is 21.6 Å². The van der Waals surface area contributed by atoms with E-state index in [0.717, 1.165) is 27.4 Å². The molecule has 1 atom stereocenters.